The number of benzene rings is 1. The maximum atomic E-state index is 12.8. The normalized spacial score (nSPS) is 12.3. The van der Waals surface area contributed by atoms with Gasteiger partial charge in [-0.2, -0.15) is 13.2 Å². The number of nitrogens with zero attached hydrogens (tertiary/aromatic N) is 1. The maximum Gasteiger partial charge on any atom is 0.416 e. The Hall–Kier alpha value is -2.90. The van der Waals surface area contributed by atoms with E-state index in [1.54, 1.807) is 19.1 Å². The lowest BCUT2D eigenvalue weighted by Gasteiger charge is -2.13. The number of aromatic nitrogens is 1. The van der Waals surface area contributed by atoms with Crippen molar-refractivity contribution in [3.8, 4) is 11.6 Å². The standard InChI is InChI=1S/C19H19F3N2O3/c1-12(13(2)25)9-17(26)24-11-14-5-4-8-23-18(14)27-16-7-3-6-15(10-16)19(20,21)22/h3-8,10,12H,9,11H2,1-2H3,(H,24,26). The van der Waals surface area contributed by atoms with Gasteiger partial charge in [-0.1, -0.05) is 19.1 Å². The number of pyridine rings is 1. The van der Waals surface area contributed by atoms with Gasteiger partial charge in [-0.05, 0) is 31.2 Å². The molecule has 0 spiro atoms. The van der Waals surface area contributed by atoms with Gasteiger partial charge in [0.2, 0.25) is 11.8 Å². The van der Waals surface area contributed by atoms with Crippen LogP contribution in [0, 0.1) is 5.92 Å². The minimum atomic E-state index is -4.48. The lowest BCUT2D eigenvalue weighted by atomic mass is 10.0. The molecule has 0 aliphatic heterocycles. The number of ketones is 1. The van der Waals surface area contributed by atoms with E-state index in [1.807, 2.05) is 0 Å². The lowest BCUT2D eigenvalue weighted by Crippen LogP contribution is -2.26. The van der Waals surface area contributed by atoms with E-state index in [1.165, 1.54) is 25.3 Å². The molecule has 0 radical (unpaired) electrons. The van der Waals surface area contributed by atoms with Crippen molar-refractivity contribution in [3.05, 3.63) is 53.7 Å². The van der Waals surface area contributed by atoms with Crippen molar-refractivity contribution in [1.82, 2.24) is 10.3 Å². The molecule has 5 nitrogen and oxygen atoms in total. The molecule has 0 bridgehead atoms. The number of carbonyl (C=O) groups is 2. The lowest BCUT2D eigenvalue weighted by molar-refractivity contribution is -0.137. The van der Waals surface area contributed by atoms with Crippen LogP contribution in [0.1, 0.15) is 31.4 Å². The average molecular weight is 380 g/mol. The van der Waals surface area contributed by atoms with Crippen molar-refractivity contribution in [2.24, 2.45) is 5.92 Å². The van der Waals surface area contributed by atoms with Crippen LogP contribution in [-0.4, -0.2) is 16.7 Å². The van der Waals surface area contributed by atoms with Gasteiger partial charge in [0.1, 0.15) is 11.5 Å². The zero-order valence-electron chi connectivity index (χ0n) is 14.8. The molecule has 2 rings (SSSR count). The summed E-state index contributed by atoms with van der Waals surface area (Å²) in [7, 11) is 0. The summed E-state index contributed by atoms with van der Waals surface area (Å²) < 4.78 is 43.9. The first kappa shape index (κ1) is 20.4. The van der Waals surface area contributed by atoms with Crippen molar-refractivity contribution in [2.75, 3.05) is 0 Å². The third kappa shape index (κ3) is 6.09. The third-order valence-corrected chi connectivity index (χ3v) is 3.89. The molecule has 0 saturated heterocycles. The summed E-state index contributed by atoms with van der Waals surface area (Å²) in [5, 5.41) is 2.66. The van der Waals surface area contributed by atoms with Crippen LogP contribution >= 0.6 is 0 Å². The zero-order valence-corrected chi connectivity index (χ0v) is 14.8. The van der Waals surface area contributed by atoms with E-state index in [4.69, 9.17) is 4.74 Å². The molecule has 0 saturated carbocycles. The number of hydrogen-bond acceptors (Lipinski definition) is 4. The summed E-state index contributed by atoms with van der Waals surface area (Å²) in [5.74, 6) is -0.704. The fourth-order valence-electron chi connectivity index (χ4n) is 2.19. The highest BCUT2D eigenvalue weighted by Gasteiger charge is 2.30. The molecule has 1 unspecified atom stereocenters. The van der Waals surface area contributed by atoms with Gasteiger partial charge >= 0.3 is 6.18 Å². The first-order chi connectivity index (χ1) is 12.7. The monoisotopic (exact) mass is 380 g/mol. The second-order valence-electron chi connectivity index (χ2n) is 6.09. The molecular formula is C19H19F3N2O3. The first-order valence-electron chi connectivity index (χ1n) is 8.23. The second-order valence-corrected chi connectivity index (χ2v) is 6.09. The van der Waals surface area contributed by atoms with Gasteiger partial charge in [-0.15, -0.1) is 0 Å². The van der Waals surface area contributed by atoms with Crippen molar-refractivity contribution in [1.29, 1.82) is 0 Å². The fourth-order valence-corrected chi connectivity index (χ4v) is 2.19. The molecule has 1 heterocycles. The largest absolute Gasteiger partial charge is 0.439 e. The number of alkyl halides is 3. The number of ether oxygens (including phenoxy) is 1. The molecule has 1 atom stereocenters. The van der Waals surface area contributed by atoms with E-state index >= 15 is 0 Å². The molecule has 1 aromatic heterocycles. The van der Waals surface area contributed by atoms with E-state index in [2.05, 4.69) is 10.3 Å². The Morgan fingerprint density at radius 3 is 2.63 bits per heavy atom. The summed E-state index contributed by atoms with van der Waals surface area (Å²) in [4.78, 5) is 27.1. The van der Waals surface area contributed by atoms with Crippen LogP contribution in [0.5, 0.6) is 11.6 Å². The Kier molecular flexibility index (Phi) is 6.55. The summed E-state index contributed by atoms with van der Waals surface area (Å²) in [6, 6.07) is 7.73. The van der Waals surface area contributed by atoms with Crippen molar-refractivity contribution in [2.45, 2.75) is 33.0 Å². The van der Waals surface area contributed by atoms with Gasteiger partial charge in [0, 0.05) is 30.6 Å². The molecule has 2 aromatic rings. The van der Waals surface area contributed by atoms with E-state index in [9.17, 15) is 22.8 Å². The van der Waals surface area contributed by atoms with Gasteiger partial charge in [-0.3, -0.25) is 9.59 Å². The van der Waals surface area contributed by atoms with Crippen molar-refractivity contribution < 1.29 is 27.5 Å². The molecule has 0 aliphatic carbocycles. The number of halogens is 3. The van der Waals surface area contributed by atoms with Crippen molar-refractivity contribution >= 4 is 11.7 Å². The molecule has 27 heavy (non-hydrogen) atoms. The van der Waals surface area contributed by atoms with E-state index in [0.717, 1.165) is 12.1 Å². The van der Waals surface area contributed by atoms with E-state index in [-0.39, 0.29) is 42.2 Å². The minimum absolute atomic E-state index is 0.0127. The summed E-state index contributed by atoms with van der Waals surface area (Å²) in [5.41, 5.74) is -0.331. The van der Waals surface area contributed by atoms with Crippen LogP contribution in [0.15, 0.2) is 42.6 Å². The molecule has 0 fully saturated rings. The third-order valence-electron chi connectivity index (χ3n) is 3.89. The Labute approximate surface area is 154 Å². The van der Waals surface area contributed by atoms with Gasteiger partial charge < -0.3 is 10.1 Å². The molecular weight excluding hydrogens is 361 g/mol. The zero-order chi connectivity index (χ0) is 20.0. The van der Waals surface area contributed by atoms with Gasteiger partial charge in [0.05, 0.1) is 5.56 Å². The molecule has 144 valence electrons. The number of Topliss-reactive ketones (excluding diaryl/α,β-unsaturated/α-hetero) is 1. The van der Waals surface area contributed by atoms with Crippen LogP contribution in [0.4, 0.5) is 13.2 Å². The first-order valence-corrected chi connectivity index (χ1v) is 8.23. The highest BCUT2D eigenvalue weighted by atomic mass is 19.4. The molecule has 1 aromatic carbocycles. The summed E-state index contributed by atoms with van der Waals surface area (Å²) >= 11 is 0. The number of rotatable bonds is 7. The second kappa shape index (κ2) is 8.66. The quantitative estimate of drug-likeness (QED) is 0.784. The fraction of sp³-hybridized carbons (Fsp3) is 0.316. The smallest absolute Gasteiger partial charge is 0.416 e. The van der Waals surface area contributed by atoms with Crippen LogP contribution in [0.25, 0.3) is 0 Å². The molecule has 0 aliphatic rings. The van der Waals surface area contributed by atoms with E-state index < -0.39 is 11.7 Å². The number of nitrogens with one attached hydrogen (secondary N) is 1. The topological polar surface area (TPSA) is 68.3 Å². The molecule has 8 heteroatoms. The van der Waals surface area contributed by atoms with Crippen LogP contribution < -0.4 is 10.1 Å². The Morgan fingerprint density at radius 1 is 1.22 bits per heavy atom. The van der Waals surface area contributed by atoms with Gasteiger partial charge in [0.25, 0.3) is 0 Å². The Morgan fingerprint density at radius 2 is 1.96 bits per heavy atom. The van der Waals surface area contributed by atoms with Gasteiger partial charge in [-0.25, -0.2) is 4.98 Å². The number of carbonyl (C=O) groups excluding carboxylic acids is 2. The molecule has 1 N–H and O–H groups in total. The predicted octanol–water partition coefficient (Wildman–Crippen LogP) is 4.12. The van der Waals surface area contributed by atoms with Crippen LogP contribution in [-0.2, 0) is 22.3 Å². The number of hydrogen-bond donors (Lipinski definition) is 1. The highest BCUT2D eigenvalue weighted by Crippen LogP contribution is 2.32. The molecule has 1 amide bonds. The predicted molar refractivity (Wildman–Crippen MR) is 92.1 cm³/mol. The van der Waals surface area contributed by atoms with Gasteiger partial charge in [0.15, 0.2) is 0 Å². The van der Waals surface area contributed by atoms with Crippen molar-refractivity contribution in [3.63, 3.8) is 0 Å². The highest BCUT2D eigenvalue weighted by molar-refractivity contribution is 5.85. The summed E-state index contributed by atoms with van der Waals surface area (Å²) in [6.45, 7) is 3.15. The van der Waals surface area contributed by atoms with E-state index in [0.29, 0.717) is 5.56 Å². The number of amides is 1. The SMILES string of the molecule is CC(=O)C(C)CC(=O)NCc1cccnc1Oc1cccc(C(F)(F)F)c1. The van der Waals surface area contributed by atoms with Crippen LogP contribution in [0.3, 0.4) is 0 Å². The maximum absolute atomic E-state index is 12.8. The minimum Gasteiger partial charge on any atom is -0.439 e. The Bertz CT molecular complexity index is 822. The summed E-state index contributed by atoms with van der Waals surface area (Å²) in [6.07, 6.45) is -2.99. The van der Waals surface area contributed by atoms with Crippen LogP contribution in [0.2, 0.25) is 0 Å². The Balaban J connectivity index is 2.08. The average Bonchev–Trinajstić information content (AvgIpc) is 2.60.